The van der Waals surface area contributed by atoms with Crippen LogP contribution in [0.5, 0.6) is 0 Å². The molecular weight excluding hydrogens is 328 g/mol. The number of aromatic nitrogens is 1. The van der Waals surface area contributed by atoms with Crippen molar-refractivity contribution in [3.8, 4) is 0 Å². The first-order valence-corrected chi connectivity index (χ1v) is 9.09. The molecule has 23 heavy (non-hydrogen) atoms. The van der Waals surface area contributed by atoms with Crippen LogP contribution >= 0.6 is 23.1 Å². The highest BCUT2D eigenvalue weighted by molar-refractivity contribution is 7.99. The Bertz CT molecular complexity index is 795. The van der Waals surface area contributed by atoms with E-state index in [0.29, 0.717) is 11.6 Å². The van der Waals surface area contributed by atoms with Crippen molar-refractivity contribution in [2.24, 2.45) is 0 Å². The zero-order valence-electron chi connectivity index (χ0n) is 12.9. The highest BCUT2D eigenvalue weighted by Gasteiger charge is 2.20. The molecule has 3 rings (SSSR count). The lowest BCUT2D eigenvalue weighted by atomic mass is 10.0. The predicted octanol–water partition coefficient (Wildman–Crippen LogP) is 3.89. The van der Waals surface area contributed by atoms with Crippen molar-refractivity contribution < 1.29 is 9.59 Å². The fourth-order valence-corrected chi connectivity index (χ4v) is 4.11. The fraction of sp³-hybridized carbons (Fsp3) is 0.235. The molecule has 0 aliphatic carbocycles. The molecule has 1 aromatic heterocycles. The summed E-state index contributed by atoms with van der Waals surface area (Å²) in [4.78, 5) is 31.1. The molecule has 1 amide bonds. The van der Waals surface area contributed by atoms with Crippen LogP contribution in [0.1, 0.15) is 29.4 Å². The summed E-state index contributed by atoms with van der Waals surface area (Å²) in [5.41, 5.74) is 2.26. The van der Waals surface area contributed by atoms with Crippen LogP contribution in [-0.2, 0) is 4.79 Å². The lowest BCUT2D eigenvalue weighted by Gasteiger charge is -2.09. The highest BCUT2D eigenvalue weighted by Crippen LogP contribution is 2.32. The van der Waals surface area contributed by atoms with Crippen molar-refractivity contribution in [1.29, 1.82) is 0 Å². The summed E-state index contributed by atoms with van der Waals surface area (Å²) >= 11 is 3.11. The zero-order valence-corrected chi connectivity index (χ0v) is 14.5. The summed E-state index contributed by atoms with van der Waals surface area (Å²) in [7, 11) is 1.70. The van der Waals surface area contributed by atoms with Crippen LogP contribution in [-0.4, -0.2) is 29.5 Å². The molecule has 4 nitrogen and oxygen atoms in total. The summed E-state index contributed by atoms with van der Waals surface area (Å²) in [6.07, 6.45) is 2.56. The molecule has 6 heteroatoms. The number of thioether (sulfide) groups is 1. The number of benzene rings is 1. The van der Waals surface area contributed by atoms with E-state index in [9.17, 15) is 9.59 Å². The Morgan fingerprint density at radius 2 is 2.13 bits per heavy atom. The molecule has 0 spiro atoms. The standard InChI is InChI=1S/C17H16N2O2S2/c1-11(20)19(2)17-18-13(10-23-17)9-12-7-8-22-15-6-4-3-5-14(15)16(12)21/h3-6,9-10H,7-8H2,1-2H3. The molecular formula is C17H16N2O2S2. The number of thiazole rings is 1. The maximum atomic E-state index is 12.7. The van der Waals surface area contributed by atoms with Crippen molar-refractivity contribution in [1.82, 2.24) is 4.98 Å². The Hall–Kier alpha value is -1.92. The first kappa shape index (κ1) is 16.0. The molecule has 0 saturated carbocycles. The van der Waals surface area contributed by atoms with Gasteiger partial charge in [0, 0.05) is 41.1 Å². The van der Waals surface area contributed by atoms with Crippen molar-refractivity contribution in [3.63, 3.8) is 0 Å². The lowest BCUT2D eigenvalue weighted by molar-refractivity contribution is -0.116. The number of Topliss-reactive ketones (excluding diaryl/α,β-unsaturated/α-hetero) is 1. The average molecular weight is 344 g/mol. The number of fused-ring (bicyclic) bond motifs is 1. The average Bonchev–Trinajstić information content (AvgIpc) is 2.95. The second-order valence-electron chi connectivity index (χ2n) is 5.23. The normalized spacial score (nSPS) is 16.1. The van der Waals surface area contributed by atoms with Gasteiger partial charge in [0.15, 0.2) is 10.9 Å². The van der Waals surface area contributed by atoms with E-state index in [4.69, 9.17) is 0 Å². The zero-order chi connectivity index (χ0) is 16.4. The number of ketones is 1. The number of carbonyl (C=O) groups excluding carboxylic acids is 2. The molecule has 0 radical (unpaired) electrons. The molecule has 0 N–H and O–H groups in total. The third-order valence-electron chi connectivity index (χ3n) is 3.64. The molecule has 2 heterocycles. The van der Waals surface area contributed by atoms with E-state index < -0.39 is 0 Å². The number of nitrogens with zero attached hydrogens (tertiary/aromatic N) is 2. The lowest BCUT2D eigenvalue weighted by Crippen LogP contribution is -2.22. The Kier molecular flexibility index (Phi) is 4.63. The summed E-state index contributed by atoms with van der Waals surface area (Å²) in [6.45, 7) is 1.50. The second-order valence-corrected chi connectivity index (χ2v) is 7.20. The van der Waals surface area contributed by atoms with E-state index in [1.165, 1.54) is 23.2 Å². The van der Waals surface area contributed by atoms with E-state index in [0.717, 1.165) is 27.5 Å². The molecule has 0 bridgehead atoms. The van der Waals surface area contributed by atoms with Crippen LogP contribution < -0.4 is 4.90 Å². The van der Waals surface area contributed by atoms with E-state index >= 15 is 0 Å². The minimum atomic E-state index is -0.0607. The fourth-order valence-electron chi connectivity index (χ4n) is 2.29. The van der Waals surface area contributed by atoms with Gasteiger partial charge in [-0.25, -0.2) is 4.98 Å². The van der Waals surface area contributed by atoms with Gasteiger partial charge in [0.1, 0.15) is 0 Å². The van der Waals surface area contributed by atoms with Crippen LogP contribution in [0.2, 0.25) is 0 Å². The molecule has 1 aromatic carbocycles. The number of anilines is 1. The van der Waals surface area contributed by atoms with Crippen molar-refractivity contribution in [3.05, 3.63) is 46.5 Å². The minimum Gasteiger partial charge on any atom is -0.291 e. The maximum Gasteiger partial charge on any atom is 0.225 e. The van der Waals surface area contributed by atoms with Gasteiger partial charge in [-0.2, -0.15) is 0 Å². The SMILES string of the molecule is CC(=O)N(C)c1nc(C=C2CCSc3ccccc3C2=O)cs1. The van der Waals surface area contributed by atoms with Gasteiger partial charge in [-0.15, -0.1) is 23.1 Å². The number of carbonyl (C=O) groups is 2. The summed E-state index contributed by atoms with van der Waals surface area (Å²) in [5, 5.41) is 2.51. The van der Waals surface area contributed by atoms with E-state index in [-0.39, 0.29) is 11.7 Å². The number of allylic oxidation sites excluding steroid dienone is 1. The van der Waals surface area contributed by atoms with Crippen LogP contribution in [0.4, 0.5) is 5.13 Å². The minimum absolute atomic E-state index is 0.0607. The smallest absolute Gasteiger partial charge is 0.225 e. The van der Waals surface area contributed by atoms with Crippen molar-refractivity contribution in [2.45, 2.75) is 18.2 Å². The second kappa shape index (κ2) is 6.68. The molecule has 2 aromatic rings. The first-order valence-electron chi connectivity index (χ1n) is 7.23. The highest BCUT2D eigenvalue weighted by atomic mass is 32.2. The summed E-state index contributed by atoms with van der Waals surface area (Å²) in [5.74, 6) is 0.883. The van der Waals surface area contributed by atoms with Crippen LogP contribution in [0.3, 0.4) is 0 Å². The Morgan fingerprint density at radius 3 is 2.91 bits per heavy atom. The number of amides is 1. The van der Waals surface area contributed by atoms with E-state index in [1.54, 1.807) is 18.8 Å². The molecule has 1 aliphatic heterocycles. The quantitative estimate of drug-likeness (QED) is 0.776. The number of hydrogen-bond acceptors (Lipinski definition) is 5. The van der Waals surface area contributed by atoms with Gasteiger partial charge < -0.3 is 0 Å². The van der Waals surface area contributed by atoms with Crippen LogP contribution in [0.25, 0.3) is 6.08 Å². The predicted molar refractivity (Wildman–Crippen MR) is 95.3 cm³/mol. The van der Waals surface area contributed by atoms with Gasteiger partial charge in [0.05, 0.1) is 5.69 Å². The molecule has 118 valence electrons. The Labute approximate surface area is 143 Å². The Balaban J connectivity index is 1.91. The number of rotatable bonds is 2. The van der Waals surface area contributed by atoms with E-state index in [1.807, 2.05) is 35.7 Å². The largest absolute Gasteiger partial charge is 0.291 e. The van der Waals surface area contributed by atoms with Gasteiger partial charge >= 0.3 is 0 Å². The monoisotopic (exact) mass is 344 g/mol. The topological polar surface area (TPSA) is 50.3 Å². The van der Waals surface area contributed by atoms with Gasteiger partial charge in [0.2, 0.25) is 5.91 Å². The van der Waals surface area contributed by atoms with Crippen LogP contribution in [0.15, 0.2) is 40.1 Å². The van der Waals surface area contributed by atoms with Crippen molar-refractivity contribution in [2.75, 3.05) is 17.7 Å². The molecule has 0 atom stereocenters. The summed E-state index contributed by atoms with van der Waals surface area (Å²) in [6, 6.07) is 7.71. The molecule has 0 unspecified atom stereocenters. The summed E-state index contributed by atoms with van der Waals surface area (Å²) < 4.78 is 0. The van der Waals surface area contributed by atoms with Gasteiger partial charge in [-0.05, 0) is 24.6 Å². The Morgan fingerprint density at radius 1 is 1.35 bits per heavy atom. The van der Waals surface area contributed by atoms with Gasteiger partial charge in [-0.3, -0.25) is 14.5 Å². The third kappa shape index (κ3) is 3.38. The van der Waals surface area contributed by atoms with Gasteiger partial charge in [-0.1, -0.05) is 12.1 Å². The maximum absolute atomic E-state index is 12.7. The van der Waals surface area contributed by atoms with Crippen LogP contribution in [0, 0.1) is 0 Å². The van der Waals surface area contributed by atoms with Gasteiger partial charge in [0.25, 0.3) is 0 Å². The van der Waals surface area contributed by atoms with Crippen molar-refractivity contribution >= 4 is 46.0 Å². The third-order valence-corrected chi connectivity index (χ3v) is 5.65. The molecule has 0 fully saturated rings. The van der Waals surface area contributed by atoms with E-state index in [2.05, 4.69) is 4.98 Å². The molecule has 0 saturated heterocycles. The molecule has 1 aliphatic rings. The first-order chi connectivity index (χ1) is 11.1. The number of hydrogen-bond donors (Lipinski definition) is 0.